The van der Waals surface area contributed by atoms with Crippen molar-refractivity contribution in [2.24, 2.45) is 0 Å². The molecular weight excluding hydrogens is 345 g/mol. The van der Waals surface area contributed by atoms with E-state index in [9.17, 15) is 9.18 Å². The quantitative estimate of drug-likeness (QED) is 0.795. The molecule has 0 aliphatic carbocycles. The molecule has 0 amide bonds. The molecule has 0 bridgehead atoms. The predicted octanol–water partition coefficient (Wildman–Crippen LogP) is 4.13. The Hall–Kier alpha value is -2.24. The second-order valence-corrected chi connectivity index (χ2v) is 7.73. The smallest absolute Gasteiger partial charge is 0.317 e. The van der Waals surface area contributed by atoms with E-state index >= 15 is 0 Å². The topological polar surface area (TPSA) is 49.8 Å². The highest BCUT2D eigenvalue weighted by Crippen LogP contribution is 2.52. The molecule has 0 fully saturated rings. The summed E-state index contributed by atoms with van der Waals surface area (Å²) in [6, 6.07) is 14.7. The molecule has 4 nitrogen and oxygen atoms in total. The molecule has 0 radical (unpaired) electrons. The minimum atomic E-state index is -0.839. The molecule has 1 aliphatic rings. The third-order valence-corrected chi connectivity index (χ3v) is 5.22. The van der Waals surface area contributed by atoms with Crippen molar-refractivity contribution >= 4 is 5.97 Å². The van der Waals surface area contributed by atoms with Gasteiger partial charge in [-0.05, 0) is 69.1 Å². The van der Waals surface area contributed by atoms with Crippen LogP contribution < -0.4 is 0 Å². The van der Waals surface area contributed by atoms with Crippen LogP contribution in [0.2, 0.25) is 0 Å². The van der Waals surface area contributed by atoms with Crippen molar-refractivity contribution < 1.29 is 19.0 Å². The number of rotatable bonds is 7. The van der Waals surface area contributed by atoms with Crippen LogP contribution in [0.4, 0.5) is 4.39 Å². The third kappa shape index (κ3) is 3.89. The first-order chi connectivity index (χ1) is 12.7. The first-order valence-corrected chi connectivity index (χ1v) is 9.21. The fourth-order valence-electron chi connectivity index (χ4n) is 4.08. The number of carbonyl (C=O) groups is 1. The Morgan fingerprint density at radius 3 is 2.37 bits per heavy atom. The van der Waals surface area contributed by atoms with Gasteiger partial charge < -0.3 is 9.84 Å². The molecule has 1 N–H and O–H groups in total. The van der Waals surface area contributed by atoms with E-state index in [0.29, 0.717) is 13.0 Å². The summed E-state index contributed by atoms with van der Waals surface area (Å²) in [5.74, 6) is -1.12. The first-order valence-electron chi connectivity index (χ1n) is 9.21. The molecule has 5 heteroatoms. The molecule has 2 aromatic carbocycles. The van der Waals surface area contributed by atoms with E-state index in [4.69, 9.17) is 9.84 Å². The van der Waals surface area contributed by atoms with Crippen molar-refractivity contribution in [2.75, 3.05) is 20.1 Å². The average molecular weight is 371 g/mol. The van der Waals surface area contributed by atoms with Gasteiger partial charge >= 0.3 is 5.97 Å². The molecule has 0 saturated heterocycles. The highest BCUT2D eigenvalue weighted by molar-refractivity contribution is 5.69. The van der Waals surface area contributed by atoms with E-state index in [1.165, 1.54) is 12.1 Å². The summed E-state index contributed by atoms with van der Waals surface area (Å²) in [5.41, 5.74) is 2.02. The van der Waals surface area contributed by atoms with Gasteiger partial charge in [0.2, 0.25) is 0 Å². The maximum absolute atomic E-state index is 13.5. The molecule has 1 aliphatic heterocycles. The Morgan fingerprint density at radius 2 is 1.74 bits per heavy atom. The Labute approximate surface area is 159 Å². The number of likely N-dealkylation sites (N-methyl/N-ethyl adjacent to an activating group) is 1. The lowest BCUT2D eigenvalue weighted by Gasteiger charge is -2.34. The van der Waals surface area contributed by atoms with Crippen LogP contribution in [0.15, 0.2) is 48.5 Å². The molecule has 0 saturated carbocycles. The van der Waals surface area contributed by atoms with Crippen molar-refractivity contribution in [1.29, 1.82) is 0 Å². The van der Waals surface area contributed by atoms with E-state index < -0.39 is 17.2 Å². The van der Waals surface area contributed by atoms with Gasteiger partial charge in [-0.15, -0.1) is 0 Å². The third-order valence-electron chi connectivity index (χ3n) is 5.22. The number of benzene rings is 2. The van der Waals surface area contributed by atoms with Gasteiger partial charge in [0.1, 0.15) is 11.4 Å². The van der Waals surface area contributed by atoms with Crippen molar-refractivity contribution in [2.45, 2.75) is 37.9 Å². The van der Waals surface area contributed by atoms with Crippen LogP contribution in [0.5, 0.6) is 0 Å². The van der Waals surface area contributed by atoms with Crippen molar-refractivity contribution in [3.05, 3.63) is 71.0 Å². The average Bonchev–Trinajstić information content (AvgIpc) is 2.83. The zero-order valence-electron chi connectivity index (χ0n) is 16.0. The van der Waals surface area contributed by atoms with Crippen LogP contribution in [-0.2, 0) is 20.7 Å². The number of aliphatic carboxylic acids is 1. The molecule has 144 valence electrons. The van der Waals surface area contributed by atoms with Crippen LogP contribution in [0.3, 0.4) is 0 Å². The van der Waals surface area contributed by atoms with Gasteiger partial charge in [-0.2, -0.15) is 0 Å². The minimum Gasteiger partial charge on any atom is -0.480 e. The summed E-state index contributed by atoms with van der Waals surface area (Å²) in [6.45, 7) is 4.75. The van der Waals surface area contributed by atoms with Crippen molar-refractivity contribution in [3.8, 4) is 0 Å². The number of ether oxygens (including phenoxy) is 1. The van der Waals surface area contributed by atoms with Gasteiger partial charge in [0.05, 0.1) is 12.1 Å². The van der Waals surface area contributed by atoms with Crippen LogP contribution in [-0.4, -0.2) is 36.1 Å². The molecule has 0 aromatic heterocycles. The Morgan fingerprint density at radius 1 is 1.11 bits per heavy atom. The van der Waals surface area contributed by atoms with Crippen LogP contribution in [0.25, 0.3) is 0 Å². The van der Waals surface area contributed by atoms with Gasteiger partial charge in [-0.25, -0.2) is 4.39 Å². The van der Waals surface area contributed by atoms with Crippen LogP contribution >= 0.6 is 0 Å². The molecule has 1 heterocycles. The molecule has 1 unspecified atom stereocenters. The summed E-state index contributed by atoms with van der Waals surface area (Å²) in [6.07, 6.45) is 1.44. The molecule has 2 aromatic rings. The monoisotopic (exact) mass is 371 g/mol. The number of hydrogen-bond acceptors (Lipinski definition) is 3. The van der Waals surface area contributed by atoms with E-state index in [1.54, 1.807) is 24.1 Å². The Balaban J connectivity index is 1.94. The highest BCUT2D eigenvalue weighted by Gasteiger charge is 2.49. The number of halogens is 1. The van der Waals surface area contributed by atoms with E-state index in [0.717, 1.165) is 23.1 Å². The number of carboxylic acid groups (broad SMARTS) is 1. The summed E-state index contributed by atoms with van der Waals surface area (Å²) >= 11 is 0. The van der Waals surface area contributed by atoms with Gasteiger partial charge in [0.15, 0.2) is 0 Å². The fraction of sp³-hybridized carbons (Fsp3) is 0.409. The number of fused-ring (bicyclic) bond motifs is 1. The zero-order valence-corrected chi connectivity index (χ0v) is 16.0. The van der Waals surface area contributed by atoms with Crippen molar-refractivity contribution in [3.63, 3.8) is 0 Å². The SMILES string of the molecule is CN(CCCC1(c2ccc(F)cc2)OC(C)(C)c2ccccc21)CC(=O)O. The lowest BCUT2D eigenvalue weighted by Crippen LogP contribution is -2.33. The Bertz CT molecular complexity index is 819. The van der Waals surface area contributed by atoms with Gasteiger partial charge in [-0.3, -0.25) is 9.69 Å². The number of hydrogen-bond donors (Lipinski definition) is 1. The molecular formula is C22H26FNO3. The Kier molecular flexibility index (Phi) is 5.36. The normalized spacial score (nSPS) is 20.6. The van der Waals surface area contributed by atoms with Gasteiger partial charge in [0, 0.05) is 0 Å². The van der Waals surface area contributed by atoms with E-state index in [-0.39, 0.29) is 12.4 Å². The molecule has 27 heavy (non-hydrogen) atoms. The van der Waals surface area contributed by atoms with E-state index in [2.05, 4.69) is 12.1 Å². The molecule has 0 spiro atoms. The second kappa shape index (κ2) is 7.41. The largest absolute Gasteiger partial charge is 0.480 e. The minimum absolute atomic E-state index is 0.00643. The summed E-state index contributed by atoms with van der Waals surface area (Å²) in [4.78, 5) is 12.7. The van der Waals surface area contributed by atoms with Gasteiger partial charge in [-0.1, -0.05) is 36.4 Å². The predicted molar refractivity (Wildman–Crippen MR) is 102 cm³/mol. The lowest BCUT2D eigenvalue weighted by atomic mass is 9.81. The maximum Gasteiger partial charge on any atom is 0.317 e. The lowest BCUT2D eigenvalue weighted by molar-refractivity contribution is -0.138. The summed E-state index contributed by atoms with van der Waals surface area (Å²) < 4.78 is 20.2. The summed E-state index contributed by atoms with van der Waals surface area (Å²) in [5, 5.41) is 8.95. The number of nitrogens with zero attached hydrogens (tertiary/aromatic N) is 1. The molecule has 1 atom stereocenters. The first kappa shape index (κ1) is 19.5. The summed E-state index contributed by atoms with van der Waals surface area (Å²) in [7, 11) is 1.80. The number of carboxylic acids is 1. The standard InChI is InChI=1S/C22H26FNO3/c1-21(2)18-7-4-5-8-19(18)22(27-21,16-9-11-17(23)12-10-16)13-6-14-24(3)15-20(25)26/h4-5,7-12H,6,13-15H2,1-3H3,(H,25,26). The van der Waals surface area contributed by atoms with Crippen LogP contribution in [0, 0.1) is 5.82 Å². The van der Waals surface area contributed by atoms with Crippen LogP contribution in [0.1, 0.15) is 43.4 Å². The maximum atomic E-state index is 13.5. The fourth-order valence-corrected chi connectivity index (χ4v) is 4.08. The highest BCUT2D eigenvalue weighted by atomic mass is 19.1. The van der Waals surface area contributed by atoms with E-state index in [1.807, 2.05) is 26.0 Å². The molecule has 3 rings (SSSR count). The van der Waals surface area contributed by atoms with Crippen molar-refractivity contribution in [1.82, 2.24) is 4.90 Å². The zero-order chi connectivity index (χ0) is 19.7. The van der Waals surface area contributed by atoms with Gasteiger partial charge in [0.25, 0.3) is 0 Å². The second-order valence-electron chi connectivity index (χ2n) is 7.73.